The van der Waals surface area contributed by atoms with E-state index < -0.39 is 11.9 Å². The highest BCUT2D eigenvalue weighted by Gasteiger charge is 2.23. The highest BCUT2D eigenvalue weighted by molar-refractivity contribution is 5.76. The number of carbonyl (C=O) groups is 1. The van der Waals surface area contributed by atoms with Gasteiger partial charge in [0.1, 0.15) is 0 Å². The Morgan fingerprint density at radius 2 is 2.25 bits per heavy atom. The maximum Gasteiger partial charge on any atom is 0.310 e. The summed E-state index contributed by atoms with van der Waals surface area (Å²) in [6.07, 6.45) is 0. The summed E-state index contributed by atoms with van der Waals surface area (Å²) in [5.41, 5.74) is 0.633. The van der Waals surface area contributed by atoms with Crippen LogP contribution in [0.25, 0.3) is 0 Å². The summed E-state index contributed by atoms with van der Waals surface area (Å²) in [6.45, 7) is 1.75. The molecule has 2 rings (SSSR count). The van der Waals surface area contributed by atoms with Crippen molar-refractivity contribution >= 4 is 5.97 Å². The molecule has 1 aliphatic rings. The van der Waals surface area contributed by atoms with Gasteiger partial charge in [0.05, 0.1) is 13.0 Å². The second-order valence-electron chi connectivity index (χ2n) is 3.52. The molecule has 1 aromatic rings. The minimum absolute atomic E-state index is 0.136. The van der Waals surface area contributed by atoms with Crippen molar-refractivity contribution in [2.24, 2.45) is 0 Å². The molecule has 0 saturated heterocycles. The molecular weight excluding hydrogens is 212 g/mol. The molecule has 1 aromatic carbocycles. The molecule has 1 N–H and O–H groups in total. The molecule has 1 aliphatic heterocycles. The number of rotatable bonds is 3. The number of methoxy groups -OCH3 is 1. The lowest BCUT2D eigenvalue weighted by Crippen LogP contribution is -2.07. The lowest BCUT2D eigenvalue weighted by molar-refractivity contribution is -0.138. The van der Waals surface area contributed by atoms with E-state index in [-0.39, 0.29) is 6.79 Å². The number of ether oxygens (including phenoxy) is 3. The lowest BCUT2D eigenvalue weighted by atomic mass is 10.0. The summed E-state index contributed by atoms with van der Waals surface area (Å²) in [5, 5.41) is 8.93. The summed E-state index contributed by atoms with van der Waals surface area (Å²) in [7, 11) is 1.51. The second kappa shape index (κ2) is 3.92. The van der Waals surface area contributed by atoms with Crippen LogP contribution in [-0.4, -0.2) is 25.0 Å². The fourth-order valence-electron chi connectivity index (χ4n) is 1.54. The van der Waals surface area contributed by atoms with E-state index in [1.807, 2.05) is 0 Å². The van der Waals surface area contributed by atoms with E-state index in [4.69, 9.17) is 19.3 Å². The molecule has 0 radical (unpaired) electrons. The van der Waals surface area contributed by atoms with Crippen LogP contribution >= 0.6 is 0 Å². The number of hydrogen-bond donors (Lipinski definition) is 1. The fraction of sp³-hybridized carbons (Fsp3) is 0.364. The van der Waals surface area contributed by atoms with Crippen LogP contribution in [0.5, 0.6) is 17.2 Å². The van der Waals surface area contributed by atoms with E-state index in [2.05, 4.69) is 0 Å². The predicted molar refractivity (Wildman–Crippen MR) is 55.2 cm³/mol. The van der Waals surface area contributed by atoms with Gasteiger partial charge in [-0.1, -0.05) is 0 Å². The smallest absolute Gasteiger partial charge is 0.310 e. The Morgan fingerprint density at radius 3 is 2.88 bits per heavy atom. The molecule has 16 heavy (non-hydrogen) atoms. The second-order valence-corrected chi connectivity index (χ2v) is 3.52. The van der Waals surface area contributed by atoms with Crippen molar-refractivity contribution in [3.8, 4) is 17.2 Å². The van der Waals surface area contributed by atoms with E-state index in [0.717, 1.165) is 0 Å². The normalized spacial score (nSPS) is 14.6. The first kappa shape index (κ1) is 10.6. The van der Waals surface area contributed by atoms with Gasteiger partial charge in [-0.3, -0.25) is 4.79 Å². The van der Waals surface area contributed by atoms with Gasteiger partial charge < -0.3 is 19.3 Å². The number of benzene rings is 1. The first-order valence-corrected chi connectivity index (χ1v) is 4.84. The van der Waals surface area contributed by atoms with Gasteiger partial charge in [-0.05, 0) is 24.6 Å². The SMILES string of the molecule is COc1cc(C(C)C(=O)O)cc2c1OCO2. The third-order valence-corrected chi connectivity index (χ3v) is 2.55. The van der Waals surface area contributed by atoms with Crippen molar-refractivity contribution in [3.05, 3.63) is 17.7 Å². The molecule has 0 aromatic heterocycles. The zero-order valence-electron chi connectivity index (χ0n) is 9.02. The Morgan fingerprint density at radius 1 is 1.50 bits per heavy atom. The van der Waals surface area contributed by atoms with Crippen molar-refractivity contribution in [3.63, 3.8) is 0 Å². The Balaban J connectivity index is 2.45. The van der Waals surface area contributed by atoms with E-state index >= 15 is 0 Å². The van der Waals surface area contributed by atoms with Gasteiger partial charge in [0.25, 0.3) is 0 Å². The molecule has 0 fully saturated rings. The maximum absolute atomic E-state index is 10.9. The van der Waals surface area contributed by atoms with Crippen LogP contribution in [0.4, 0.5) is 0 Å². The monoisotopic (exact) mass is 224 g/mol. The Hall–Kier alpha value is -1.91. The third kappa shape index (κ3) is 1.64. The number of hydrogen-bond acceptors (Lipinski definition) is 4. The number of aliphatic carboxylic acids is 1. The van der Waals surface area contributed by atoms with Crippen LogP contribution in [0.2, 0.25) is 0 Å². The Kier molecular flexibility index (Phi) is 2.60. The minimum atomic E-state index is -0.888. The summed E-state index contributed by atoms with van der Waals surface area (Å²) in [5.74, 6) is 0.0636. The largest absolute Gasteiger partial charge is 0.493 e. The zero-order chi connectivity index (χ0) is 11.7. The molecule has 1 unspecified atom stereocenters. The minimum Gasteiger partial charge on any atom is -0.493 e. The third-order valence-electron chi connectivity index (χ3n) is 2.55. The van der Waals surface area contributed by atoms with E-state index in [1.54, 1.807) is 19.1 Å². The van der Waals surface area contributed by atoms with Gasteiger partial charge in [0.2, 0.25) is 12.5 Å². The van der Waals surface area contributed by atoms with Crippen LogP contribution in [0, 0.1) is 0 Å². The first-order valence-electron chi connectivity index (χ1n) is 4.84. The van der Waals surface area contributed by atoms with Gasteiger partial charge >= 0.3 is 5.97 Å². The Bertz CT molecular complexity index is 427. The summed E-state index contributed by atoms with van der Waals surface area (Å²) < 4.78 is 15.6. The molecule has 0 bridgehead atoms. The van der Waals surface area contributed by atoms with Crippen LogP contribution in [0.1, 0.15) is 18.4 Å². The van der Waals surface area contributed by atoms with E-state index in [9.17, 15) is 4.79 Å². The highest BCUT2D eigenvalue weighted by atomic mass is 16.7. The molecule has 5 heteroatoms. The van der Waals surface area contributed by atoms with Gasteiger partial charge in [-0.25, -0.2) is 0 Å². The molecule has 1 heterocycles. The van der Waals surface area contributed by atoms with Crippen molar-refractivity contribution in [1.29, 1.82) is 0 Å². The van der Waals surface area contributed by atoms with Gasteiger partial charge in [0.15, 0.2) is 11.5 Å². The summed E-state index contributed by atoms with van der Waals surface area (Å²) in [6, 6.07) is 3.33. The number of carboxylic acids is 1. The lowest BCUT2D eigenvalue weighted by Gasteiger charge is -2.10. The molecule has 1 atom stereocenters. The summed E-state index contributed by atoms with van der Waals surface area (Å²) in [4.78, 5) is 10.9. The topological polar surface area (TPSA) is 65.0 Å². The van der Waals surface area contributed by atoms with Crippen LogP contribution in [0.15, 0.2) is 12.1 Å². The zero-order valence-corrected chi connectivity index (χ0v) is 9.02. The summed E-state index contributed by atoms with van der Waals surface area (Å²) >= 11 is 0. The Labute approximate surface area is 92.5 Å². The van der Waals surface area contributed by atoms with Crippen molar-refractivity contribution < 1.29 is 24.1 Å². The van der Waals surface area contributed by atoms with Gasteiger partial charge in [-0.2, -0.15) is 0 Å². The highest BCUT2D eigenvalue weighted by Crippen LogP contribution is 2.43. The van der Waals surface area contributed by atoms with Crippen LogP contribution < -0.4 is 14.2 Å². The molecule has 5 nitrogen and oxygen atoms in total. The van der Waals surface area contributed by atoms with Crippen molar-refractivity contribution in [1.82, 2.24) is 0 Å². The predicted octanol–water partition coefficient (Wildman–Crippen LogP) is 1.61. The standard InChI is InChI=1S/C11H12O5/c1-6(11(12)13)7-3-8(14-2)10-9(4-7)15-5-16-10/h3-4,6H,5H2,1-2H3,(H,12,13). The molecule has 0 aliphatic carbocycles. The van der Waals surface area contributed by atoms with E-state index in [0.29, 0.717) is 22.8 Å². The number of carboxylic acid groups (broad SMARTS) is 1. The number of fused-ring (bicyclic) bond motifs is 1. The van der Waals surface area contributed by atoms with Crippen molar-refractivity contribution in [2.75, 3.05) is 13.9 Å². The molecule has 0 amide bonds. The van der Waals surface area contributed by atoms with Gasteiger partial charge in [-0.15, -0.1) is 0 Å². The molecular formula is C11H12O5. The quantitative estimate of drug-likeness (QED) is 0.844. The average molecular weight is 224 g/mol. The molecule has 0 saturated carbocycles. The average Bonchev–Trinajstić information content (AvgIpc) is 2.74. The van der Waals surface area contributed by atoms with E-state index in [1.165, 1.54) is 7.11 Å². The molecule has 0 spiro atoms. The van der Waals surface area contributed by atoms with Crippen molar-refractivity contribution in [2.45, 2.75) is 12.8 Å². The van der Waals surface area contributed by atoms with Crippen LogP contribution in [0.3, 0.4) is 0 Å². The maximum atomic E-state index is 10.9. The molecule has 86 valence electrons. The first-order chi connectivity index (χ1) is 7.63. The fourth-order valence-corrected chi connectivity index (χ4v) is 1.54. The van der Waals surface area contributed by atoms with Gasteiger partial charge in [0, 0.05) is 0 Å². The van der Waals surface area contributed by atoms with Crippen LogP contribution in [-0.2, 0) is 4.79 Å².